The minimum Gasteiger partial charge on any atom is -0.361 e. The van der Waals surface area contributed by atoms with E-state index in [4.69, 9.17) is 4.52 Å². The predicted molar refractivity (Wildman–Crippen MR) is 68.9 cm³/mol. The van der Waals surface area contributed by atoms with Gasteiger partial charge in [-0.15, -0.1) is 0 Å². The maximum absolute atomic E-state index is 12.3. The largest absolute Gasteiger partial charge is 0.361 e. The average Bonchev–Trinajstić information content (AvgIpc) is 2.71. The second-order valence-corrected chi connectivity index (χ2v) is 6.30. The number of sulfonamides is 1. The topological polar surface area (TPSA) is 76.3 Å². The first-order chi connectivity index (χ1) is 8.93. The van der Waals surface area contributed by atoms with Crippen LogP contribution in [-0.4, -0.2) is 29.9 Å². The Bertz CT molecular complexity index is 645. The molecule has 2 heterocycles. The zero-order valence-corrected chi connectivity index (χ0v) is 11.8. The zero-order chi connectivity index (χ0) is 14.0. The van der Waals surface area contributed by atoms with E-state index >= 15 is 0 Å². The van der Waals surface area contributed by atoms with Gasteiger partial charge in [0.05, 0.1) is 5.69 Å². The average molecular weight is 281 g/mol. The van der Waals surface area contributed by atoms with E-state index in [-0.39, 0.29) is 11.4 Å². The summed E-state index contributed by atoms with van der Waals surface area (Å²) in [7, 11) is -2.03. The van der Waals surface area contributed by atoms with Crippen LogP contribution in [0.2, 0.25) is 0 Å². The Morgan fingerprint density at radius 3 is 2.63 bits per heavy atom. The van der Waals surface area contributed by atoms with Crippen LogP contribution in [0, 0.1) is 13.8 Å². The third kappa shape index (κ3) is 2.66. The SMILES string of the molecule is Cc1noc(C)c1CN(C)S(=O)(=O)c1cccnc1. The molecule has 19 heavy (non-hydrogen) atoms. The summed E-state index contributed by atoms with van der Waals surface area (Å²) in [6.07, 6.45) is 2.87. The summed E-state index contributed by atoms with van der Waals surface area (Å²) in [5, 5.41) is 3.82. The molecule has 0 aromatic carbocycles. The van der Waals surface area contributed by atoms with Gasteiger partial charge in [0, 0.05) is 31.5 Å². The van der Waals surface area contributed by atoms with Gasteiger partial charge in [0.25, 0.3) is 0 Å². The summed E-state index contributed by atoms with van der Waals surface area (Å²) < 4.78 is 30.9. The van der Waals surface area contributed by atoms with Crippen molar-refractivity contribution in [3.63, 3.8) is 0 Å². The second-order valence-electron chi connectivity index (χ2n) is 4.25. The van der Waals surface area contributed by atoms with E-state index in [0.29, 0.717) is 11.5 Å². The van der Waals surface area contributed by atoms with Gasteiger partial charge < -0.3 is 4.52 Å². The van der Waals surface area contributed by atoms with E-state index in [2.05, 4.69) is 10.1 Å². The van der Waals surface area contributed by atoms with Crippen LogP contribution in [0.4, 0.5) is 0 Å². The third-order valence-corrected chi connectivity index (χ3v) is 4.69. The number of hydrogen-bond acceptors (Lipinski definition) is 5. The van der Waals surface area contributed by atoms with Crippen molar-refractivity contribution in [3.05, 3.63) is 41.5 Å². The molecule has 0 unspecified atom stereocenters. The molecule has 0 amide bonds. The zero-order valence-electron chi connectivity index (χ0n) is 11.0. The van der Waals surface area contributed by atoms with Crippen molar-refractivity contribution in [3.8, 4) is 0 Å². The van der Waals surface area contributed by atoms with Crippen LogP contribution in [0.15, 0.2) is 33.9 Å². The normalized spacial score (nSPS) is 12.0. The number of pyridine rings is 1. The van der Waals surface area contributed by atoms with Gasteiger partial charge in [-0.05, 0) is 26.0 Å². The lowest BCUT2D eigenvalue weighted by Gasteiger charge is -2.16. The predicted octanol–water partition coefficient (Wildman–Crippen LogP) is 1.51. The molecular formula is C12H15N3O3S. The number of hydrogen-bond donors (Lipinski definition) is 0. The lowest BCUT2D eigenvalue weighted by Crippen LogP contribution is -2.27. The number of aryl methyl sites for hydroxylation is 2. The molecule has 0 spiro atoms. The molecule has 0 aliphatic rings. The van der Waals surface area contributed by atoms with Crippen molar-refractivity contribution in [2.45, 2.75) is 25.3 Å². The fourth-order valence-electron chi connectivity index (χ4n) is 1.71. The van der Waals surface area contributed by atoms with E-state index in [0.717, 1.165) is 5.56 Å². The van der Waals surface area contributed by atoms with Crippen molar-refractivity contribution < 1.29 is 12.9 Å². The first-order valence-corrected chi connectivity index (χ1v) is 7.15. The Morgan fingerprint density at radius 2 is 2.11 bits per heavy atom. The Balaban J connectivity index is 2.28. The smallest absolute Gasteiger partial charge is 0.244 e. The fraction of sp³-hybridized carbons (Fsp3) is 0.333. The Labute approximate surface area is 112 Å². The van der Waals surface area contributed by atoms with Crippen molar-refractivity contribution >= 4 is 10.0 Å². The highest BCUT2D eigenvalue weighted by atomic mass is 32.2. The third-order valence-electron chi connectivity index (χ3n) is 2.90. The molecule has 7 heteroatoms. The molecule has 6 nitrogen and oxygen atoms in total. The van der Waals surface area contributed by atoms with Gasteiger partial charge in [-0.3, -0.25) is 4.98 Å². The molecule has 0 saturated heterocycles. The van der Waals surface area contributed by atoms with Crippen LogP contribution in [0.5, 0.6) is 0 Å². The maximum atomic E-state index is 12.3. The highest BCUT2D eigenvalue weighted by Crippen LogP contribution is 2.19. The summed E-state index contributed by atoms with van der Waals surface area (Å²) in [5.74, 6) is 0.630. The van der Waals surface area contributed by atoms with Crippen LogP contribution < -0.4 is 0 Å². The number of nitrogens with zero attached hydrogens (tertiary/aromatic N) is 3. The summed E-state index contributed by atoms with van der Waals surface area (Å²) in [6.45, 7) is 3.77. The van der Waals surface area contributed by atoms with Crippen LogP contribution in [0.25, 0.3) is 0 Å². The van der Waals surface area contributed by atoms with E-state index in [1.54, 1.807) is 19.9 Å². The molecule has 2 aromatic rings. The van der Waals surface area contributed by atoms with Crippen molar-refractivity contribution in [1.29, 1.82) is 0 Å². The van der Waals surface area contributed by atoms with Gasteiger partial charge in [-0.25, -0.2) is 8.42 Å². The highest BCUT2D eigenvalue weighted by Gasteiger charge is 2.23. The van der Waals surface area contributed by atoms with Crippen LogP contribution in [0.1, 0.15) is 17.0 Å². The number of rotatable bonds is 4. The van der Waals surface area contributed by atoms with Gasteiger partial charge >= 0.3 is 0 Å². The number of aromatic nitrogens is 2. The monoisotopic (exact) mass is 281 g/mol. The van der Waals surface area contributed by atoms with Gasteiger partial charge in [-0.1, -0.05) is 5.16 Å². The molecule has 0 radical (unpaired) electrons. The minimum atomic E-state index is -3.55. The van der Waals surface area contributed by atoms with Gasteiger partial charge in [0.1, 0.15) is 10.7 Å². The molecule has 0 saturated carbocycles. The molecule has 0 N–H and O–H groups in total. The van der Waals surface area contributed by atoms with Gasteiger partial charge in [0.2, 0.25) is 10.0 Å². The molecule has 0 bridgehead atoms. The van der Waals surface area contributed by atoms with Crippen LogP contribution >= 0.6 is 0 Å². The van der Waals surface area contributed by atoms with Crippen molar-refractivity contribution in [1.82, 2.24) is 14.4 Å². The molecule has 0 aliphatic carbocycles. The van der Waals surface area contributed by atoms with Gasteiger partial charge in [0.15, 0.2) is 0 Å². The second kappa shape index (κ2) is 5.10. The fourth-order valence-corrected chi connectivity index (χ4v) is 2.82. The highest BCUT2D eigenvalue weighted by molar-refractivity contribution is 7.89. The summed E-state index contributed by atoms with van der Waals surface area (Å²) in [6, 6.07) is 3.11. The molecular weight excluding hydrogens is 266 g/mol. The molecule has 2 aromatic heterocycles. The van der Waals surface area contributed by atoms with E-state index in [1.165, 1.54) is 29.8 Å². The Hall–Kier alpha value is -1.73. The van der Waals surface area contributed by atoms with E-state index < -0.39 is 10.0 Å². The lowest BCUT2D eigenvalue weighted by molar-refractivity contribution is 0.390. The van der Waals surface area contributed by atoms with Gasteiger partial charge in [-0.2, -0.15) is 4.31 Å². The quantitative estimate of drug-likeness (QED) is 0.849. The minimum absolute atomic E-state index is 0.171. The Kier molecular flexibility index (Phi) is 3.68. The molecule has 102 valence electrons. The van der Waals surface area contributed by atoms with E-state index in [1.807, 2.05) is 0 Å². The summed E-state index contributed by atoms with van der Waals surface area (Å²) in [4.78, 5) is 4.00. The van der Waals surface area contributed by atoms with Crippen molar-refractivity contribution in [2.75, 3.05) is 7.05 Å². The first kappa shape index (κ1) is 13.7. The summed E-state index contributed by atoms with van der Waals surface area (Å²) >= 11 is 0. The first-order valence-electron chi connectivity index (χ1n) is 5.71. The van der Waals surface area contributed by atoms with Crippen molar-refractivity contribution in [2.24, 2.45) is 0 Å². The molecule has 0 atom stereocenters. The van der Waals surface area contributed by atoms with Crippen LogP contribution in [-0.2, 0) is 16.6 Å². The van der Waals surface area contributed by atoms with Crippen LogP contribution in [0.3, 0.4) is 0 Å². The Morgan fingerprint density at radius 1 is 1.37 bits per heavy atom. The maximum Gasteiger partial charge on any atom is 0.244 e. The molecule has 0 fully saturated rings. The molecule has 2 rings (SSSR count). The lowest BCUT2D eigenvalue weighted by atomic mass is 10.2. The van der Waals surface area contributed by atoms with E-state index in [9.17, 15) is 8.42 Å². The standard InChI is InChI=1S/C12H15N3O3S/c1-9-12(10(2)18-14-9)8-15(3)19(16,17)11-5-4-6-13-7-11/h4-7H,8H2,1-3H3. The molecule has 0 aliphatic heterocycles. The summed E-state index contributed by atoms with van der Waals surface area (Å²) in [5.41, 5.74) is 1.49.